The van der Waals surface area contributed by atoms with Crippen molar-refractivity contribution in [1.29, 1.82) is 0 Å². The number of nitrogens with zero attached hydrogens (tertiary/aromatic N) is 1. The lowest BCUT2D eigenvalue weighted by Gasteiger charge is -2.43. The van der Waals surface area contributed by atoms with Crippen LogP contribution in [0.4, 0.5) is 0 Å². The molecular formula is C22H37N3O4S. The second kappa shape index (κ2) is 11.2. The fraction of sp³-hybridized carbons (Fsp3) is 0.773. The summed E-state index contributed by atoms with van der Waals surface area (Å²) in [5.41, 5.74) is 12.4. The number of thiazole rings is 1. The van der Waals surface area contributed by atoms with E-state index in [4.69, 9.17) is 11.5 Å². The number of amides is 2. The van der Waals surface area contributed by atoms with Crippen molar-refractivity contribution in [2.45, 2.75) is 83.8 Å². The third-order valence-corrected chi connectivity index (χ3v) is 7.14. The van der Waals surface area contributed by atoms with Crippen LogP contribution in [0, 0.1) is 23.2 Å². The topological polar surface area (TPSA) is 140 Å². The molecule has 0 bridgehead atoms. The Morgan fingerprint density at radius 2 is 1.90 bits per heavy atom. The van der Waals surface area contributed by atoms with Crippen LogP contribution in [0.1, 0.15) is 70.9 Å². The van der Waals surface area contributed by atoms with Gasteiger partial charge in [0.1, 0.15) is 0 Å². The Morgan fingerprint density at radius 1 is 1.23 bits per heavy atom. The van der Waals surface area contributed by atoms with Gasteiger partial charge in [0.05, 0.1) is 28.8 Å². The van der Waals surface area contributed by atoms with Crippen molar-refractivity contribution in [3.8, 4) is 0 Å². The van der Waals surface area contributed by atoms with E-state index in [1.165, 1.54) is 17.8 Å². The predicted molar refractivity (Wildman–Crippen MR) is 117 cm³/mol. The van der Waals surface area contributed by atoms with Crippen LogP contribution >= 0.6 is 11.3 Å². The molecule has 170 valence electrons. The Kier molecular flexibility index (Phi) is 9.25. The van der Waals surface area contributed by atoms with E-state index in [1.807, 2.05) is 19.2 Å². The van der Waals surface area contributed by atoms with Gasteiger partial charge in [-0.15, -0.1) is 11.3 Å². The molecule has 1 saturated carbocycles. The molecule has 1 fully saturated rings. The maximum Gasteiger partial charge on any atom is 0.224 e. The van der Waals surface area contributed by atoms with Crippen LogP contribution in [0.3, 0.4) is 0 Å². The van der Waals surface area contributed by atoms with Crippen LogP contribution in [0.15, 0.2) is 10.9 Å². The SMILES string of the molecule is CC(C)C[C@H](O)[C@H](O)[C@@H](CC1CCCCC1)[C@](CC(N)=O)(Cc1cscn1)C(N)=O. The third-order valence-electron chi connectivity index (χ3n) is 6.50. The van der Waals surface area contributed by atoms with Crippen molar-refractivity contribution in [1.82, 2.24) is 4.98 Å². The van der Waals surface area contributed by atoms with E-state index in [2.05, 4.69) is 4.98 Å². The highest BCUT2D eigenvalue weighted by Gasteiger charge is 2.50. The molecule has 0 aromatic carbocycles. The van der Waals surface area contributed by atoms with Crippen molar-refractivity contribution in [3.05, 3.63) is 16.6 Å². The van der Waals surface area contributed by atoms with Crippen LogP contribution < -0.4 is 11.5 Å². The van der Waals surface area contributed by atoms with Crippen molar-refractivity contribution >= 4 is 23.2 Å². The first-order valence-electron chi connectivity index (χ1n) is 11.0. The molecule has 30 heavy (non-hydrogen) atoms. The molecule has 1 aromatic heterocycles. The molecule has 7 nitrogen and oxygen atoms in total. The minimum atomic E-state index is -1.39. The Hall–Kier alpha value is -1.51. The van der Waals surface area contributed by atoms with Gasteiger partial charge in [-0.2, -0.15) is 0 Å². The number of aliphatic hydroxyl groups excluding tert-OH is 2. The normalized spacial score (nSPS) is 20.4. The summed E-state index contributed by atoms with van der Waals surface area (Å²) < 4.78 is 0. The highest BCUT2D eigenvalue weighted by molar-refractivity contribution is 7.07. The van der Waals surface area contributed by atoms with Crippen molar-refractivity contribution in [2.24, 2.45) is 34.6 Å². The van der Waals surface area contributed by atoms with Gasteiger partial charge < -0.3 is 21.7 Å². The lowest BCUT2D eigenvalue weighted by molar-refractivity contribution is -0.145. The monoisotopic (exact) mass is 439 g/mol. The molecule has 0 radical (unpaired) electrons. The molecule has 1 aromatic rings. The number of aromatic nitrogens is 1. The fourth-order valence-corrected chi connectivity index (χ4v) is 5.56. The van der Waals surface area contributed by atoms with Crippen LogP contribution in [-0.4, -0.2) is 39.2 Å². The minimum absolute atomic E-state index is 0.123. The number of carbonyl (C=O) groups excluding carboxylic acids is 2. The number of rotatable bonds is 12. The Balaban J connectivity index is 2.47. The van der Waals surface area contributed by atoms with Crippen LogP contribution in [-0.2, 0) is 16.0 Å². The third kappa shape index (κ3) is 6.49. The zero-order valence-electron chi connectivity index (χ0n) is 18.1. The number of primary amides is 2. The quantitative estimate of drug-likeness (QED) is 0.396. The van der Waals surface area contributed by atoms with Crippen LogP contribution in [0.5, 0.6) is 0 Å². The molecule has 0 unspecified atom stereocenters. The van der Waals surface area contributed by atoms with Gasteiger partial charge in [-0.3, -0.25) is 9.59 Å². The largest absolute Gasteiger partial charge is 0.390 e. The second-order valence-corrected chi connectivity index (χ2v) is 10.1. The number of nitrogens with two attached hydrogens (primary N) is 2. The van der Waals surface area contributed by atoms with E-state index in [0.717, 1.165) is 25.7 Å². The van der Waals surface area contributed by atoms with Gasteiger partial charge >= 0.3 is 0 Å². The molecule has 4 atom stereocenters. The van der Waals surface area contributed by atoms with E-state index >= 15 is 0 Å². The molecule has 0 saturated heterocycles. The number of carbonyl (C=O) groups is 2. The van der Waals surface area contributed by atoms with Crippen LogP contribution in [0.25, 0.3) is 0 Å². The van der Waals surface area contributed by atoms with E-state index in [1.54, 1.807) is 5.51 Å². The maximum absolute atomic E-state index is 12.9. The summed E-state index contributed by atoms with van der Waals surface area (Å²) in [6.45, 7) is 3.93. The van der Waals surface area contributed by atoms with Gasteiger partial charge in [-0.25, -0.2) is 4.98 Å². The first kappa shape index (κ1) is 24.8. The summed E-state index contributed by atoms with van der Waals surface area (Å²) in [5.74, 6) is -1.52. The van der Waals surface area contributed by atoms with E-state index in [-0.39, 0.29) is 18.8 Å². The molecule has 2 amide bonds. The fourth-order valence-electron chi connectivity index (χ4n) is 5.01. The van der Waals surface area contributed by atoms with Gasteiger partial charge in [0.15, 0.2) is 0 Å². The molecule has 1 aliphatic rings. The lowest BCUT2D eigenvalue weighted by atomic mass is 9.62. The summed E-state index contributed by atoms with van der Waals surface area (Å²) in [5, 5.41) is 23.8. The molecule has 2 rings (SSSR count). The van der Waals surface area contributed by atoms with E-state index < -0.39 is 35.4 Å². The lowest BCUT2D eigenvalue weighted by Crippen LogP contribution is -2.54. The first-order chi connectivity index (χ1) is 14.2. The first-order valence-corrected chi connectivity index (χ1v) is 11.9. The number of hydrogen-bond acceptors (Lipinski definition) is 6. The molecule has 1 aliphatic carbocycles. The molecular weight excluding hydrogens is 402 g/mol. The van der Waals surface area contributed by atoms with E-state index in [0.29, 0.717) is 24.5 Å². The molecule has 0 aliphatic heterocycles. The van der Waals surface area contributed by atoms with Gasteiger partial charge in [0.25, 0.3) is 0 Å². The standard InChI is InChI=1S/C22H37N3O4S/c1-14(2)8-18(26)20(28)17(9-15-6-4-3-5-7-15)22(21(24)29,11-19(23)27)10-16-12-30-13-25-16/h12-15,17-18,20,26,28H,3-11H2,1-2H3,(H2,23,27)(H2,24,29)/t17-,18+,20-,22-/m1/s1. The highest BCUT2D eigenvalue weighted by atomic mass is 32.1. The summed E-state index contributed by atoms with van der Waals surface area (Å²) in [7, 11) is 0. The summed E-state index contributed by atoms with van der Waals surface area (Å²) in [6.07, 6.45) is 3.97. The van der Waals surface area contributed by atoms with Gasteiger partial charge in [-0.05, 0) is 24.7 Å². The smallest absolute Gasteiger partial charge is 0.224 e. The average molecular weight is 440 g/mol. The van der Waals surface area contributed by atoms with Crippen molar-refractivity contribution in [3.63, 3.8) is 0 Å². The minimum Gasteiger partial charge on any atom is -0.390 e. The highest BCUT2D eigenvalue weighted by Crippen LogP contribution is 2.44. The molecule has 0 spiro atoms. The zero-order valence-corrected chi connectivity index (χ0v) is 18.9. The van der Waals surface area contributed by atoms with Crippen LogP contribution in [0.2, 0.25) is 0 Å². The summed E-state index contributed by atoms with van der Waals surface area (Å²) in [4.78, 5) is 29.3. The average Bonchev–Trinajstić information content (AvgIpc) is 3.17. The Labute approximate surface area is 183 Å². The molecule has 6 N–H and O–H groups in total. The van der Waals surface area contributed by atoms with Crippen molar-refractivity contribution in [2.75, 3.05) is 0 Å². The van der Waals surface area contributed by atoms with Gasteiger partial charge in [0, 0.05) is 24.1 Å². The predicted octanol–water partition coefficient (Wildman–Crippen LogP) is 2.39. The Bertz CT molecular complexity index is 676. The maximum atomic E-state index is 12.9. The zero-order chi connectivity index (χ0) is 22.3. The van der Waals surface area contributed by atoms with Gasteiger partial charge in [0.2, 0.25) is 11.8 Å². The number of aliphatic hydroxyl groups is 2. The van der Waals surface area contributed by atoms with E-state index in [9.17, 15) is 19.8 Å². The van der Waals surface area contributed by atoms with Crippen molar-refractivity contribution < 1.29 is 19.8 Å². The van der Waals surface area contributed by atoms with Gasteiger partial charge in [-0.1, -0.05) is 46.0 Å². The molecule has 1 heterocycles. The number of hydrogen-bond donors (Lipinski definition) is 4. The Morgan fingerprint density at radius 3 is 2.40 bits per heavy atom. The summed E-state index contributed by atoms with van der Waals surface area (Å²) in [6, 6.07) is 0. The molecule has 8 heteroatoms. The second-order valence-electron chi connectivity index (χ2n) is 9.35. The summed E-state index contributed by atoms with van der Waals surface area (Å²) >= 11 is 1.39.